The molecule has 0 aliphatic carbocycles. The van der Waals surface area contributed by atoms with E-state index in [4.69, 9.17) is 0 Å². The minimum Gasteiger partial charge on any atom is -0.349 e. The highest BCUT2D eigenvalue weighted by Crippen LogP contribution is 2.32. The molecular weight excluding hydrogens is 314 g/mol. The zero-order chi connectivity index (χ0) is 15.7. The van der Waals surface area contributed by atoms with Gasteiger partial charge in [0, 0.05) is 47.6 Å². The summed E-state index contributed by atoms with van der Waals surface area (Å²) in [4.78, 5) is 19.5. The van der Waals surface area contributed by atoms with Gasteiger partial charge in [-0.3, -0.25) is 4.79 Å². The number of thioether (sulfide) groups is 1. The van der Waals surface area contributed by atoms with E-state index in [0.717, 1.165) is 46.6 Å². The lowest BCUT2D eigenvalue weighted by Crippen LogP contribution is -2.40. The topological polar surface area (TPSA) is 38.1 Å². The van der Waals surface area contributed by atoms with Crippen LogP contribution in [0.25, 0.3) is 0 Å². The highest BCUT2D eigenvalue weighted by molar-refractivity contribution is 7.99. The summed E-state index contributed by atoms with van der Waals surface area (Å²) in [6.45, 7) is 7.92. The molecule has 1 aliphatic heterocycles. The fraction of sp³-hybridized carbons (Fsp3) is 0.500. The third-order valence-electron chi connectivity index (χ3n) is 4.25. The number of aryl methyl sites for hydroxylation is 1. The summed E-state index contributed by atoms with van der Waals surface area (Å²) in [6.07, 6.45) is 1.82. The summed E-state index contributed by atoms with van der Waals surface area (Å²) in [6, 6.07) is 2.14. The monoisotopic (exact) mass is 335 g/mol. The van der Waals surface area contributed by atoms with Crippen molar-refractivity contribution in [1.82, 2.24) is 14.5 Å². The first-order chi connectivity index (χ1) is 10.6. The molecule has 0 bridgehead atoms. The maximum atomic E-state index is 13.1. The van der Waals surface area contributed by atoms with Gasteiger partial charge in [0.1, 0.15) is 5.01 Å². The molecule has 0 spiro atoms. The van der Waals surface area contributed by atoms with Crippen LogP contribution in [0.4, 0.5) is 0 Å². The Kier molecular flexibility index (Phi) is 4.59. The van der Waals surface area contributed by atoms with Crippen molar-refractivity contribution < 1.29 is 4.79 Å². The fourth-order valence-electron chi connectivity index (χ4n) is 3.11. The first kappa shape index (κ1) is 15.6. The largest absolute Gasteiger partial charge is 0.349 e. The number of hydrogen-bond donors (Lipinski definition) is 0. The Morgan fingerprint density at radius 2 is 2.27 bits per heavy atom. The standard InChI is InChI=1S/C16H21N3OS2/c1-4-18-11(2)9-13(12(18)3)16(20)19-6-8-21-10-14(19)15-17-5-7-22-15/h5,7,9,14H,4,6,8,10H2,1-3H3. The van der Waals surface area contributed by atoms with E-state index in [0.29, 0.717) is 0 Å². The van der Waals surface area contributed by atoms with E-state index in [1.54, 1.807) is 11.3 Å². The van der Waals surface area contributed by atoms with Crippen molar-refractivity contribution in [2.45, 2.75) is 33.4 Å². The van der Waals surface area contributed by atoms with Crippen molar-refractivity contribution in [3.8, 4) is 0 Å². The molecule has 118 valence electrons. The number of amides is 1. The molecule has 1 fully saturated rings. The van der Waals surface area contributed by atoms with Crippen LogP contribution in [0.5, 0.6) is 0 Å². The number of aromatic nitrogens is 2. The molecule has 1 unspecified atom stereocenters. The van der Waals surface area contributed by atoms with Crippen molar-refractivity contribution in [2.75, 3.05) is 18.1 Å². The van der Waals surface area contributed by atoms with Crippen LogP contribution in [-0.4, -0.2) is 38.4 Å². The second-order valence-electron chi connectivity index (χ2n) is 5.49. The number of rotatable bonds is 3. The lowest BCUT2D eigenvalue weighted by molar-refractivity contribution is 0.0700. The van der Waals surface area contributed by atoms with Gasteiger partial charge in [0.25, 0.3) is 5.91 Å². The van der Waals surface area contributed by atoms with E-state index >= 15 is 0 Å². The summed E-state index contributed by atoms with van der Waals surface area (Å²) < 4.78 is 2.20. The average molecular weight is 335 g/mol. The third-order valence-corrected chi connectivity index (χ3v) is 6.15. The molecule has 6 heteroatoms. The van der Waals surface area contributed by atoms with Crippen molar-refractivity contribution in [3.05, 3.63) is 39.6 Å². The van der Waals surface area contributed by atoms with Gasteiger partial charge in [0.2, 0.25) is 0 Å². The molecule has 2 aromatic rings. The number of thiazole rings is 1. The van der Waals surface area contributed by atoms with Gasteiger partial charge in [0.05, 0.1) is 11.6 Å². The summed E-state index contributed by atoms with van der Waals surface area (Å²) in [5.74, 6) is 2.08. The summed E-state index contributed by atoms with van der Waals surface area (Å²) >= 11 is 3.54. The van der Waals surface area contributed by atoms with Gasteiger partial charge >= 0.3 is 0 Å². The maximum absolute atomic E-state index is 13.1. The molecule has 1 amide bonds. The number of carbonyl (C=O) groups excluding carboxylic acids is 1. The number of hydrogen-bond acceptors (Lipinski definition) is 4. The highest BCUT2D eigenvalue weighted by Gasteiger charge is 2.32. The second kappa shape index (κ2) is 6.46. The molecule has 3 rings (SSSR count). The van der Waals surface area contributed by atoms with E-state index in [1.165, 1.54) is 0 Å². The molecule has 2 aromatic heterocycles. The second-order valence-corrected chi connectivity index (χ2v) is 7.56. The van der Waals surface area contributed by atoms with E-state index in [2.05, 4.69) is 23.4 Å². The lowest BCUT2D eigenvalue weighted by atomic mass is 10.1. The van der Waals surface area contributed by atoms with Crippen molar-refractivity contribution in [1.29, 1.82) is 0 Å². The Morgan fingerprint density at radius 1 is 1.45 bits per heavy atom. The Hall–Kier alpha value is -1.27. The predicted octanol–water partition coefficient (Wildman–Crippen LogP) is 3.51. The summed E-state index contributed by atoms with van der Waals surface area (Å²) in [7, 11) is 0. The van der Waals surface area contributed by atoms with E-state index in [9.17, 15) is 4.79 Å². The van der Waals surface area contributed by atoms with Crippen molar-refractivity contribution >= 4 is 29.0 Å². The first-order valence-electron chi connectivity index (χ1n) is 7.58. The highest BCUT2D eigenvalue weighted by atomic mass is 32.2. The fourth-order valence-corrected chi connectivity index (χ4v) is 5.02. The Bertz CT molecular complexity index is 663. The van der Waals surface area contributed by atoms with Crippen LogP contribution in [-0.2, 0) is 6.54 Å². The molecule has 1 saturated heterocycles. The lowest BCUT2D eigenvalue weighted by Gasteiger charge is -2.34. The first-order valence-corrected chi connectivity index (χ1v) is 9.61. The minimum atomic E-state index is 0.107. The Morgan fingerprint density at radius 3 is 2.91 bits per heavy atom. The molecular formula is C16H21N3OS2. The zero-order valence-corrected chi connectivity index (χ0v) is 14.8. The van der Waals surface area contributed by atoms with Crippen molar-refractivity contribution in [2.24, 2.45) is 0 Å². The number of nitrogens with zero attached hydrogens (tertiary/aromatic N) is 3. The molecule has 0 saturated carbocycles. The van der Waals surface area contributed by atoms with Crippen LogP contribution in [0.2, 0.25) is 0 Å². The normalized spacial score (nSPS) is 18.7. The van der Waals surface area contributed by atoms with Gasteiger partial charge in [-0.2, -0.15) is 11.8 Å². The molecule has 1 atom stereocenters. The van der Waals surface area contributed by atoms with Gasteiger partial charge in [-0.1, -0.05) is 0 Å². The van der Waals surface area contributed by atoms with Gasteiger partial charge in [0.15, 0.2) is 0 Å². The molecule has 22 heavy (non-hydrogen) atoms. The molecule has 0 radical (unpaired) electrons. The van der Waals surface area contributed by atoms with Crippen LogP contribution >= 0.6 is 23.1 Å². The molecule has 0 N–H and O–H groups in total. The summed E-state index contributed by atoms with van der Waals surface area (Å²) in [5, 5.41) is 3.03. The van der Waals surface area contributed by atoms with Gasteiger partial charge in [-0.25, -0.2) is 4.98 Å². The van der Waals surface area contributed by atoms with Crippen LogP contribution in [0.1, 0.15) is 39.7 Å². The Balaban J connectivity index is 1.92. The van der Waals surface area contributed by atoms with E-state index in [-0.39, 0.29) is 11.9 Å². The van der Waals surface area contributed by atoms with Crippen LogP contribution in [0.15, 0.2) is 17.6 Å². The minimum absolute atomic E-state index is 0.107. The molecule has 1 aliphatic rings. The summed E-state index contributed by atoms with van der Waals surface area (Å²) in [5.41, 5.74) is 3.06. The number of carbonyl (C=O) groups is 1. The molecule has 3 heterocycles. The predicted molar refractivity (Wildman–Crippen MR) is 92.8 cm³/mol. The van der Waals surface area contributed by atoms with Gasteiger partial charge < -0.3 is 9.47 Å². The smallest absolute Gasteiger partial charge is 0.256 e. The zero-order valence-electron chi connectivity index (χ0n) is 13.2. The van der Waals surface area contributed by atoms with E-state index in [1.807, 2.05) is 41.2 Å². The van der Waals surface area contributed by atoms with Crippen LogP contribution in [0.3, 0.4) is 0 Å². The average Bonchev–Trinajstić information content (AvgIpc) is 3.15. The van der Waals surface area contributed by atoms with Crippen molar-refractivity contribution in [3.63, 3.8) is 0 Å². The van der Waals surface area contributed by atoms with Crippen LogP contribution < -0.4 is 0 Å². The molecule has 0 aromatic carbocycles. The SMILES string of the molecule is CCn1c(C)cc(C(=O)N2CCSCC2c2nccs2)c1C. The Labute approximate surface area is 139 Å². The van der Waals surface area contributed by atoms with E-state index < -0.39 is 0 Å². The maximum Gasteiger partial charge on any atom is 0.256 e. The van der Waals surface area contributed by atoms with Gasteiger partial charge in [-0.15, -0.1) is 11.3 Å². The quantitative estimate of drug-likeness (QED) is 0.861. The third kappa shape index (κ3) is 2.70. The molecule has 4 nitrogen and oxygen atoms in total. The van der Waals surface area contributed by atoms with Crippen LogP contribution in [0, 0.1) is 13.8 Å². The van der Waals surface area contributed by atoms with Gasteiger partial charge in [-0.05, 0) is 26.8 Å².